The molecule has 1 fully saturated rings. The zero-order valence-corrected chi connectivity index (χ0v) is 11.0. The summed E-state index contributed by atoms with van der Waals surface area (Å²) in [4.78, 5) is 4.34. The third kappa shape index (κ3) is 2.36. The molecular formula is C15H18N2O2. The van der Waals surface area contributed by atoms with Crippen LogP contribution in [-0.2, 0) is 0 Å². The van der Waals surface area contributed by atoms with Gasteiger partial charge in [-0.1, -0.05) is 0 Å². The second-order valence-corrected chi connectivity index (χ2v) is 5.02. The van der Waals surface area contributed by atoms with E-state index >= 15 is 0 Å². The molecule has 0 bridgehead atoms. The number of hydrogen-bond donors (Lipinski definition) is 1. The Kier molecular flexibility index (Phi) is 3.25. The molecule has 0 radical (unpaired) electrons. The first-order chi connectivity index (χ1) is 9.30. The highest BCUT2D eigenvalue weighted by atomic mass is 16.5. The van der Waals surface area contributed by atoms with E-state index in [0.717, 1.165) is 35.9 Å². The fourth-order valence-corrected chi connectivity index (χ4v) is 2.47. The fourth-order valence-electron chi connectivity index (χ4n) is 2.47. The Hall–Kier alpha value is -1.81. The van der Waals surface area contributed by atoms with Crippen molar-refractivity contribution in [1.29, 1.82) is 0 Å². The third-order valence-corrected chi connectivity index (χ3v) is 3.74. The van der Waals surface area contributed by atoms with Crippen LogP contribution >= 0.6 is 0 Å². The summed E-state index contributed by atoms with van der Waals surface area (Å²) >= 11 is 0. The largest absolute Gasteiger partial charge is 0.497 e. The lowest BCUT2D eigenvalue weighted by Gasteiger charge is -2.34. The van der Waals surface area contributed by atoms with Gasteiger partial charge in [-0.2, -0.15) is 0 Å². The summed E-state index contributed by atoms with van der Waals surface area (Å²) in [6.07, 6.45) is 4.10. The average molecular weight is 258 g/mol. The normalized spacial score (nSPS) is 22.0. The number of nitrogens with zero attached hydrogens (tertiary/aromatic N) is 1. The van der Waals surface area contributed by atoms with Crippen LogP contribution in [0.4, 0.5) is 0 Å². The van der Waals surface area contributed by atoms with Crippen LogP contribution in [0.1, 0.15) is 12.8 Å². The molecule has 1 aromatic carbocycles. The Bertz CT molecular complexity index is 579. The first-order valence-electron chi connectivity index (χ1n) is 6.59. The maximum Gasteiger partial charge on any atom is 0.221 e. The molecule has 1 saturated carbocycles. The predicted octanol–water partition coefficient (Wildman–Crippen LogP) is 2.36. The van der Waals surface area contributed by atoms with Crippen molar-refractivity contribution >= 4 is 10.8 Å². The summed E-state index contributed by atoms with van der Waals surface area (Å²) < 4.78 is 11.2. The van der Waals surface area contributed by atoms with Gasteiger partial charge in [0.25, 0.3) is 0 Å². The van der Waals surface area contributed by atoms with Gasteiger partial charge in [0.1, 0.15) is 11.9 Å². The summed E-state index contributed by atoms with van der Waals surface area (Å²) in [5, 5.41) is 2.11. The minimum atomic E-state index is 0.258. The number of benzene rings is 1. The molecule has 19 heavy (non-hydrogen) atoms. The maximum absolute atomic E-state index is 5.96. The summed E-state index contributed by atoms with van der Waals surface area (Å²) in [5.74, 6) is 2.16. The smallest absolute Gasteiger partial charge is 0.221 e. The van der Waals surface area contributed by atoms with Crippen molar-refractivity contribution in [2.45, 2.75) is 18.9 Å². The van der Waals surface area contributed by atoms with E-state index in [2.05, 4.69) is 4.98 Å². The minimum Gasteiger partial charge on any atom is -0.497 e. The Labute approximate surface area is 112 Å². The summed E-state index contributed by atoms with van der Waals surface area (Å²) in [7, 11) is 1.67. The summed E-state index contributed by atoms with van der Waals surface area (Å²) in [5.41, 5.74) is 5.63. The maximum atomic E-state index is 5.96. The summed E-state index contributed by atoms with van der Waals surface area (Å²) in [6, 6.07) is 7.89. The molecule has 1 heterocycles. The number of rotatable bonds is 4. The molecule has 0 amide bonds. The Balaban J connectivity index is 1.83. The van der Waals surface area contributed by atoms with Crippen LogP contribution in [0.3, 0.4) is 0 Å². The second-order valence-electron chi connectivity index (χ2n) is 5.02. The van der Waals surface area contributed by atoms with Gasteiger partial charge in [0.2, 0.25) is 5.88 Å². The van der Waals surface area contributed by atoms with E-state index in [1.807, 2.05) is 24.3 Å². The molecule has 0 saturated heterocycles. The SMILES string of the molecule is COc1ccc2c(OC3CC(CN)C3)nccc2c1. The molecule has 4 heteroatoms. The van der Waals surface area contributed by atoms with Gasteiger partial charge in [-0.3, -0.25) is 0 Å². The number of nitrogens with two attached hydrogens (primary N) is 1. The van der Waals surface area contributed by atoms with Crippen LogP contribution in [0.5, 0.6) is 11.6 Å². The van der Waals surface area contributed by atoms with E-state index in [1.54, 1.807) is 13.3 Å². The van der Waals surface area contributed by atoms with Crippen LogP contribution in [0.25, 0.3) is 10.8 Å². The van der Waals surface area contributed by atoms with E-state index in [1.165, 1.54) is 0 Å². The lowest BCUT2D eigenvalue weighted by molar-refractivity contribution is 0.0664. The van der Waals surface area contributed by atoms with E-state index in [0.29, 0.717) is 11.8 Å². The first-order valence-corrected chi connectivity index (χ1v) is 6.59. The number of methoxy groups -OCH3 is 1. The van der Waals surface area contributed by atoms with Crippen molar-refractivity contribution in [2.24, 2.45) is 11.7 Å². The molecule has 0 unspecified atom stereocenters. The Morgan fingerprint density at radius 3 is 2.89 bits per heavy atom. The molecule has 0 aliphatic heterocycles. The predicted molar refractivity (Wildman–Crippen MR) is 74.5 cm³/mol. The van der Waals surface area contributed by atoms with E-state index in [-0.39, 0.29) is 6.10 Å². The topological polar surface area (TPSA) is 57.4 Å². The average Bonchev–Trinajstić information content (AvgIpc) is 2.41. The van der Waals surface area contributed by atoms with Gasteiger partial charge in [-0.05, 0) is 55.0 Å². The number of hydrogen-bond acceptors (Lipinski definition) is 4. The second kappa shape index (κ2) is 5.05. The van der Waals surface area contributed by atoms with Crippen molar-refractivity contribution in [3.05, 3.63) is 30.5 Å². The minimum absolute atomic E-state index is 0.258. The first kappa shape index (κ1) is 12.2. The Morgan fingerprint density at radius 2 is 2.16 bits per heavy atom. The van der Waals surface area contributed by atoms with E-state index < -0.39 is 0 Å². The molecule has 3 rings (SSSR count). The van der Waals surface area contributed by atoms with Crippen molar-refractivity contribution in [3.63, 3.8) is 0 Å². The number of pyridine rings is 1. The molecular weight excluding hydrogens is 240 g/mol. The van der Waals surface area contributed by atoms with E-state index in [4.69, 9.17) is 15.2 Å². The van der Waals surface area contributed by atoms with E-state index in [9.17, 15) is 0 Å². The van der Waals surface area contributed by atoms with Crippen LogP contribution in [0, 0.1) is 5.92 Å². The zero-order chi connectivity index (χ0) is 13.2. The Morgan fingerprint density at radius 1 is 1.32 bits per heavy atom. The molecule has 0 atom stereocenters. The van der Waals surface area contributed by atoms with Crippen molar-refractivity contribution < 1.29 is 9.47 Å². The quantitative estimate of drug-likeness (QED) is 0.914. The van der Waals surface area contributed by atoms with Gasteiger partial charge < -0.3 is 15.2 Å². The molecule has 2 N–H and O–H groups in total. The van der Waals surface area contributed by atoms with Gasteiger partial charge in [0, 0.05) is 11.6 Å². The molecule has 4 nitrogen and oxygen atoms in total. The standard InChI is InChI=1S/C15H18N2O2/c1-18-12-2-3-14-11(8-12)4-5-17-15(14)19-13-6-10(7-13)9-16/h2-5,8,10,13H,6-7,9,16H2,1H3. The molecule has 1 aliphatic carbocycles. The monoisotopic (exact) mass is 258 g/mol. The van der Waals surface area contributed by atoms with Crippen LogP contribution in [0.15, 0.2) is 30.5 Å². The third-order valence-electron chi connectivity index (χ3n) is 3.74. The number of ether oxygens (including phenoxy) is 2. The van der Waals surface area contributed by atoms with Crippen molar-refractivity contribution in [3.8, 4) is 11.6 Å². The highest BCUT2D eigenvalue weighted by molar-refractivity contribution is 5.87. The van der Waals surface area contributed by atoms with Gasteiger partial charge in [0.05, 0.1) is 7.11 Å². The highest BCUT2D eigenvalue weighted by Gasteiger charge is 2.30. The number of aromatic nitrogens is 1. The molecule has 0 spiro atoms. The van der Waals surface area contributed by atoms with Gasteiger partial charge in [0.15, 0.2) is 0 Å². The van der Waals surface area contributed by atoms with Gasteiger partial charge in [-0.25, -0.2) is 4.98 Å². The lowest BCUT2D eigenvalue weighted by Crippen LogP contribution is -2.37. The van der Waals surface area contributed by atoms with Gasteiger partial charge in [-0.15, -0.1) is 0 Å². The lowest BCUT2D eigenvalue weighted by atomic mass is 9.82. The van der Waals surface area contributed by atoms with Crippen molar-refractivity contribution in [2.75, 3.05) is 13.7 Å². The van der Waals surface area contributed by atoms with Gasteiger partial charge >= 0.3 is 0 Å². The van der Waals surface area contributed by atoms with Crippen molar-refractivity contribution in [1.82, 2.24) is 4.98 Å². The molecule has 100 valence electrons. The molecule has 1 aromatic heterocycles. The number of fused-ring (bicyclic) bond motifs is 1. The molecule has 1 aliphatic rings. The summed E-state index contributed by atoms with van der Waals surface area (Å²) in [6.45, 7) is 0.750. The highest BCUT2D eigenvalue weighted by Crippen LogP contribution is 2.33. The fraction of sp³-hybridized carbons (Fsp3) is 0.400. The zero-order valence-electron chi connectivity index (χ0n) is 11.0. The van der Waals surface area contributed by atoms with Crippen LogP contribution in [-0.4, -0.2) is 24.7 Å². The van der Waals surface area contributed by atoms with Crippen LogP contribution < -0.4 is 15.2 Å². The molecule has 2 aromatic rings. The van der Waals surface area contributed by atoms with Crippen LogP contribution in [0.2, 0.25) is 0 Å².